The maximum Gasteiger partial charge on any atom is 0.313 e. The van der Waals surface area contributed by atoms with Crippen LogP contribution in [-0.4, -0.2) is 83.0 Å². The molecule has 4 rings (SSSR count). The van der Waals surface area contributed by atoms with Crippen LogP contribution in [0.15, 0.2) is 12.1 Å². The van der Waals surface area contributed by atoms with Gasteiger partial charge in [0.1, 0.15) is 5.75 Å². The fourth-order valence-electron chi connectivity index (χ4n) is 6.08. The number of likely N-dealkylation sites (N-methyl/N-ethyl adjacent to an activating group) is 2. The Kier molecular flexibility index (Phi) is 6.21. The van der Waals surface area contributed by atoms with E-state index in [0.29, 0.717) is 17.5 Å². The topological polar surface area (TPSA) is 196 Å². The largest absolute Gasteiger partial charge is 0.505 e. The molecule has 0 aromatic heterocycles. The Morgan fingerprint density at radius 3 is 2.33 bits per heavy atom. The van der Waals surface area contributed by atoms with Crippen LogP contribution >= 0.6 is 0 Å². The minimum Gasteiger partial charge on any atom is -0.505 e. The number of hydrogen-bond donors (Lipinski definition) is 5. The van der Waals surface area contributed by atoms with Gasteiger partial charge in [-0.2, -0.15) is 0 Å². The number of fused-ring (bicyclic) bond motifs is 3. The van der Waals surface area contributed by atoms with Crippen molar-refractivity contribution in [3.63, 3.8) is 0 Å². The third-order valence-corrected chi connectivity index (χ3v) is 7.78. The first-order valence-corrected chi connectivity index (χ1v) is 11.5. The van der Waals surface area contributed by atoms with Crippen LogP contribution in [0.3, 0.4) is 0 Å². The molecule has 12 nitrogen and oxygen atoms in total. The lowest BCUT2D eigenvalue weighted by molar-refractivity contribution is -0.183. The summed E-state index contributed by atoms with van der Waals surface area (Å²) in [7, 11) is 4.41. The van der Waals surface area contributed by atoms with Crippen molar-refractivity contribution in [2.45, 2.75) is 30.9 Å². The van der Waals surface area contributed by atoms with Crippen LogP contribution in [0, 0.1) is 23.7 Å². The van der Waals surface area contributed by atoms with E-state index in [9.17, 15) is 39.0 Å². The normalized spacial score (nSPS) is 31.2. The highest BCUT2D eigenvalue weighted by atomic mass is 16.3. The fourth-order valence-corrected chi connectivity index (χ4v) is 6.08. The van der Waals surface area contributed by atoms with Gasteiger partial charge >= 0.3 is 11.8 Å². The molecule has 0 aliphatic heterocycles. The Morgan fingerprint density at radius 2 is 1.75 bits per heavy atom. The smallest absolute Gasteiger partial charge is 0.313 e. The molecule has 36 heavy (non-hydrogen) atoms. The molecule has 0 saturated heterocycles. The molecule has 2 saturated carbocycles. The predicted octanol–water partition coefficient (Wildman–Crippen LogP) is -2.09. The zero-order chi connectivity index (χ0) is 26.7. The number of phenols is 1. The Balaban J connectivity index is 1.73. The van der Waals surface area contributed by atoms with Gasteiger partial charge in [0.25, 0.3) is 0 Å². The third kappa shape index (κ3) is 3.59. The highest BCUT2D eigenvalue weighted by Crippen LogP contribution is 2.51. The second-order valence-corrected chi connectivity index (χ2v) is 9.89. The van der Waals surface area contributed by atoms with Gasteiger partial charge in [-0.3, -0.25) is 33.7 Å². The molecule has 6 N–H and O–H groups in total. The Hall–Kier alpha value is -3.64. The maximum absolute atomic E-state index is 13.7. The van der Waals surface area contributed by atoms with Gasteiger partial charge < -0.3 is 26.6 Å². The minimum absolute atomic E-state index is 0.0264. The number of rotatable bonds is 3. The summed E-state index contributed by atoms with van der Waals surface area (Å²) >= 11 is 0. The lowest BCUT2D eigenvalue weighted by atomic mass is 9.52. The number of aromatic hydroxyl groups is 1. The molecule has 0 bridgehead atoms. The predicted molar refractivity (Wildman–Crippen MR) is 123 cm³/mol. The van der Waals surface area contributed by atoms with E-state index in [1.807, 2.05) is 0 Å². The van der Waals surface area contributed by atoms with Gasteiger partial charge in [-0.1, -0.05) is 6.07 Å². The van der Waals surface area contributed by atoms with E-state index in [-0.39, 0.29) is 30.2 Å². The van der Waals surface area contributed by atoms with Gasteiger partial charge in [-0.25, -0.2) is 0 Å². The molecular formula is C24H28N4O8. The first kappa shape index (κ1) is 25.5. The van der Waals surface area contributed by atoms with Gasteiger partial charge in [-0.05, 0) is 56.5 Å². The summed E-state index contributed by atoms with van der Waals surface area (Å²) in [5.41, 5.74) is 3.76. The zero-order valence-electron chi connectivity index (χ0n) is 20.0. The SMILES string of the molecule is CNC(=O)C(=O)Nc1ccc2c(c1O)CC1C(=O)C3(O)C(=O)C(C(N)=O)C(=O)[C@@H](N(C)C)C3CC1C2. The molecule has 0 radical (unpaired) electrons. The van der Waals surface area contributed by atoms with Crippen LogP contribution in [-0.2, 0) is 41.6 Å². The summed E-state index contributed by atoms with van der Waals surface area (Å²) in [6, 6.07) is 2.05. The number of Topliss-reactive ketones (excluding diaryl/α,β-unsaturated/α-hetero) is 3. The fraction of sp³-hybridized carbons (Fsp3) is 0.500. The highest BCUT2D eigenvalue weighted by Gasteiger charge is 2.68. The number of primary amides is 1. The summed E-state index contributed by atoms with van der Waals surface area (Å²) in [5.74, 6) is -10.4. The average molecular weight is 501 g/mol. The average Bonchev–Trinajstić information content (AvgIpc) is 2.81. The molecule has 2 fully saturated rings. The monoisotopic (exact) mass is 500 g/mol. The van der Waals surface area contributed by atoms with Crippen molar-refractivity contribution >= 4 is 40.8 Å². The Labute approximate surface area is 206 Å². The van der Waals surface area contributed by atoms with Crippen molar-refractivity contribution in [2.75, 3.05) is 26.5 Å². The van der Waals surface area contributed by atoms with Crippen molar-refractivity contribution in [3.05, 3.63) is 23.3 Å². The van der Waals surface area contributed by atoms with Crippen LogP contribution in [0.5, 0.6) is 5.75 Å². The number of hydrogen-bond acceptors (Lipinski definition) is 9. The summed E-state index contributed by atoms with van der Waals surface area (Å²) in [6.07, 6.45) is 0.434. The number of nitrogens with one attached hydrogen (secondary N) is 2. The molecule has 5 unspecified atom stereocenters. The van der Waals surface area contributed by atoms with E-state index >= 15 is 0 Å². The summed E-state index contributed by atoms with van der Waals surface area (Å²) in [5, 5.41) is 26.9. The standard InChI is InChI=1S/C24H28N4O8/c1-26-22(34)23(35)27-14-5-4-9-6-10-7-13-16(28(2)3)18(30)15(21(25)33)20(32)24(13,36)19(31)12(10)8-11(9)17(14)29/h4-5,10,12-13,15-16,29,36H,6-8H2,1-3H3,(H2,25,33)(H,26,34)(H,27,35)/t10?,12?,13?,15?,16-,24?/m0/s1. The van der Waals surface area contributed by atoms with Gasteiger partial charge in [-0.15, -0.1) is 0 Å². The van der Waals surface area contributed by atoms with Crippen LogP contribution in [0.4, 0.5) is 5.69 Å². The van der Waals surface area contributed by atoms with Crippen molar-refractivity contribution in [3.8, 4) is 5.75 Å². The second-order valence-electron chi connectivity index (χ2n) is 9.89. The van der Waals surface area contributed by atoms with Crippen LogP contribution in [0.25, 0.3) is 0 Å². The van der Waals surface area contributed by atoms with Gasteiger partial charge in [0, 0.05) is 18.9 Å². The lowest BCUT2D eigenvalue weighted by Crippen LogP contribution is -2.73. The Bertz CT molecular complexity index is 1210. The highest BCUT2D eigenvalue weighted by molar-refractivity contribution is 6.39. The van der Waals surface area contributed by atoms with Gasteiger partial charge in [0.05, 0.1) is 11.7 Å². The number of anilines is 1. The third-order valence-electron chi connectivity index (χ3n) is 7.78. The first-order chi connectivity index (χ1) is 16.8. The Morgan fingerprint density at radius 1 is 1.08 bits per heavy atom. The molecule has 0 spiro atoms. The molecule has 6 atom stereocenters. The maximum atomic E-state index is 13.7. The quantitative estimate of drug-likeness (QED) is 0.176. The molecule has 12 heteroatoms. The number of phenolic OH excluding ortho intramolecular Hbond substituents is 1. The van der Waals surface area contributed by atoms with E-state index in [1.54, 1.807) is 20.2 Å². The molecule has 0 heterocycles. The number of amides is 3. The number of aliphatic hydroxyl groups is 1. The van der Waals surface area contributed by atoms with Crippen LogP contribution in [0.2, 0.25) is 0 Å². The van der Waals surface area contributed by atoms with Gasteiger partial charge in [0.2, 0.25) is 5.91 Å². The number of benzene rings is 1. The second kappa shape index (κ2) is 8.79. The van der Waals surface area contributed by atoms with Crippen molar-refractivity contribution in [1.82, 2.24) is 10.2 Å². The summed E-state index contributed by atoms with van der Waals surface area (Å²) in [4.78, 5) is 77.0. The van der Waals surface area contributed by atoms with E-state index in [4.69, 9.17) is 5.73 Å². The van der Waals surface area contributed by atoms with Crippen molar-refractivity contribution in [2.24, 2.45) is 29.4 Å². The van der Waals surface area contributed by atoms with E-state index in [2.05, 4.69) is 10.6 Å². The molecule has 3 aliphatic carbocycles. The molecule has 1 aromatic carbocycles. The van der Waals surface area contributed by atoms with Crippen LogP contribution in [0.1, 0.15) is 17.5 Å². The molecular weight excluding hydrogens is 472 g/mol. The number of ketones is 3. The van der Waals surface area contributed by atoms with Crippen molar-refractivity contribution < 1.29 is 39.0 Å². The van der Waals surface area contributed by atoms with Gasteiger partial charge in [0.15, 0.2) is 28.9 Å². The van der Waals surface area contributed by atoms with E-state index < -0.39 is 64.5 Å². The summed E-state index contributed by atoms with van der Waals surface area (Å²) < 4.78 is 0. The lowest BCUT2D eigenvalue weighted by Gasteiger charge is -2.53. The number of carbonyl (C=O) groups is 6. The molecule has 192 valence electrons. The van der Waals surface area contributed by atoms with E-state index in [1.165, 1.54) is 18.0 Å². The first-order valence-electron chi connectivity index (χ1n) is 11.5. The molecule has 3 aliphatic rings. The number of nitrogens with zero attached hydrogens (tertiary/aromatic N) is 1. The summed E-state index contributed by atoms with van der Waals surface area (Å²) in [6.45, 7) is 0. The van der Waals surface area contributed by atoms with E-state index in [0.717, 1.165) is 0 Å². The molecule has 3 amide bonds. The van der Waals surface area contributed by atoms with Crippen LogP contribution < -0.4 is 16.4 Å². The van der Waals surface area contributed by atoms with Crippen molar-refractivity contribution in [1.29, 1.82) is 0 Å². The zero-order valence-corrected chi connectivity index (χ0v) is 20.0. The minimum atomic E-state index is -2.58. The number of nitrogens with two attached hydrogens (primary N) is 1. The number of carbonyl (C=O) groups excluding carboxylic acids is 6. The molecule has 1 aromatic rings.